The second-order valence-corrected chi connectivity index (χ2v) is 13.8. The van der Waals surface area contributed by atoms with Gasteiger partial charge in [-0.25, -0.2) is 9.29 Å². The SMILES string of the molecule is CN1CCC(c2ccc(NC3=CN(c4cccc(-n5ncc6cc(C(C)(C)C)cc(F)c6c5=O)c4CO)C[NH+]4C=CN=C34)cc2)CC1. The Bertz CT molecular complexity index is 1980. The van der Waals surface area contributed by atoms with Crippen molar-refractivity contribution in [3.63, 3.8) is 0 Å². The predicted molar refractivity (Wildman–Crippen MR) is 184 cm³/mol. The summed E-state index contributed by atoms with van der Waals surface area (Å²) in [7, 11) is 2.18. The summed E-state index contributed by atoms with van der Waals surface area (Å²) in [6.45, 7) is 8.42. The maximum atomic E-state index is 15.4. The topological polar surface area (TPSA) is 90.4 Å². The van der Waals surface area contributed by atoms with Gasteiger partial charge in [0.25, 0.3) is 11.4 Å². The van der Waals surface area contributed by atoms with Gasteiger partial charge in [-0.05, 0) is 91.8 Å². The van der Waals surface area contributed by atoms with Gasteiger partial charge in [0.15, 0.2) is 6.67 Å². The van der Waals surface area contributed by atoms with E-state index in [0.717, 1.165) is 40.8 Å². The van der Waals surface area contributed by atoms with Crippen molar-refractivity contribution in [3.8, 4) is 5.69 Å². The van der Waals surface area contributed by atoms with Crippen LogP contribution in [0, 0.1) is 5.82 Å². The first-order valence-corrected chi connectivity index (χ1v) is 16.2. The molecular formula is C37H41FN7O2+. The quantitative estimate of drug-likeness (QED) is 0.287. The van der Waals surface area contributed by atoms with Gasteiger partial charge < -0.3 is 15.3 Å². The minimum absolute atomic E-state index is 0.0269. The largest absolute Gasteiger partial charge is 0.392 e. The molecule has 4 heterocycles. The Morgan fingerprint density at radius 2 is 1.81 bits per heavy atom. The van der Waals surface area contributed by atoms with Crippen LogP contribution in [0.5, 0.6) is 0 Å². The van der Waals surface area contributed by atoms with Crippen molar-refractivity contribution in [2.24, 2.45) is 4.99 Å². The molecule has 3 aromatic carbocycles. The van der Waals surface area contributed by atoms with E-state index in [1.54, 1.807) is 12.3 Å². The Kier molecular flexibility index (Phi) is 8.03. The lowest BCUT2D eigenvalue weighted by molar-refractivity contribution is -0.743. The second-order valence-electron chi connectivity index (χ2n) is 13.8. The number of halogens is 1. The number of fused-ring (bicyclic) bond motifs is 2. The fourth-order valence-electron chi connectivity index (χ4n) is 6.79. The molecule has 242 valence electrons. The number of hydrogen-bond donors (Lipinski definition) is 3. The first-order chi connectivity index (χ1) is 22.6. The van der Waals surface area contributed by atoms with Crippen molar-refractivity contribution in [1.82, 2.24) is 14.7 Å². The average Bonchev–Trinajstić information content (AvgIpc) is 3.54. The number of aliphatic hydroxyl groups is 1. The molecule has 3 aliphatic rings. The Morgan fingerprint density at radius 3 is 2.53 bits per heavy atom. The van der Waals surface area contributed by atoms with Crippen molar-refractivity contribution in [2.45, 2.75) is 51.6 Å². The van der Waals surface area contributed by atoms with Gasteiger partial charge in [0, 0.05) is 22.8 Å². The van der Waals surface area contributed by atoms with Crippen LogP contribution in [-0.2, 0) is 12.0 Å². The summed E-state index contributed by atoms with van der Waals surface area (Å²) in [4.78, 5) is 23.8. The summed E-state index contributed by atoms with van der Waals surface area (Å²) in [6, 6.07) is 17.4. The highest BCUT2D eigenvalue weighted by Crippen LogP contribution is 2.31. The summed E-state index contributed by atoms with van der Waals surface area (Å²) in [5.74, 6) is 0.875. The molecule has 0 saturated carbocycles. The lowest BCUT2D eigenvalue weighted by Gasteiger charge is -2.31. The Balaban J connectivity index is 1.22. The van der Waals surface area contributed by atoms with E-state index in [-0.39, 0.29) is 17.4 Å². The summed E-state index contributed by atoms with van der Waals surface area (Å²) in [5, 5.41) is 19.1. The molecule has 3 aliphatic heterocycles. The van der Waals surface area contributed by atoms with E-state index in [1.807, 2.05) is 56.3 Å². The smallest absolute Gasteiger partial charge is 0.282 e. The number of amidine groups is 1. The third-order valence-corrected chi connectivity index (χ3v) is 9.57. The zero-order valence-corrected chi connectivity index (χ0v) is 27.3. The number of anilines is 2. The van der Waals surface area contributed by atoms with Crippen LogP contribution in [0.25, 0.3) is 16.5 Å². The molecule has 0 radical (unpaired) electrons. The Hall–Kier alpha value is -4.64. The molecule has 1 fully saturated rings. The van der Waals surface area contributed by atoms with Crippen molar-refractivity contribution in [3.05, 3.63) is 118 Å². The van der Waals surface area contributed by atoms with Gasteiger partial charge in [0.1, 0.15) is 17.7 Å². The molecule has 0 amide bonds. The zero-order chi connectivity index (χ0) is 32.9. The number of nitrogens with zero attached hydrogens (tertiary/aromatic N) is 5. The minimum Gasteiger partial charge on any atom is -0.392 e. The van der Waals surface area contributed by atoms with Crippen molar-refractivity contribution >= 4 is 28.0 Å². The van der Waals surface area contributed by atoms with E-state index >= 15 is 4.39 Å². The Labute approximate surface area is 273 Å². The molecule has 7 rings (SSSR count). The lowest BCUT2D eigenvalue weighted by Crippen LogP contribution is -3.12. The molecule has 0 spiro atoms. The van der Waals surface area contributed by atoms with Crippen LogP contribution < -0.4 is 20.7 Å². The molecule has 1 saturated heterocycles. The highest BCUT2D eigenvalue weighted by molar-refractivity contribution is 5.97. The lowest BCUT2D eigenvalue weighted by atomic mass is 9.86. The summed E-state index contributed by atoms with van der Waals surface area (Å²) >= 11 is 0. The normalized spacial score (nSPS) is 18.8. The van der Waals surface area contributed by atoms with Gasteiger partial charge >= 0.3 is 0 Å². The molecule has 10 heteroatoms. The van der Waals surface area contributed by atoms with E-state index in [2.05, 4.69) is 51.6 Å². The van der Waals surface area contributed by atoms with E-state index < -0.39 is 11.4 Å². The van der Waals surface area contributed by atoms with Crippen molar-refractivity contribution < 1.29 is 14.4 Å². The molecule has 1 atom stereocenters. The van der Waals surface area contributed by atoms with E-state index in [9.17, 15) is 9.90 Å². The first-order valence-electron chi connectivity index (χ1n) is 16.2. The van der Waals surface area contributed by atoms with Crippen molar-refractivity contribution in [1.29, 1.82) is 0 Å². The third-order valence-electron chi connectivity index (χ3n) is 9.57. The van der Waals surface area contributed by atoms with Gasteiger partial charge in [0.2, 0.25) is 0 Å². The van der Waals surface area contributed by atoms with Crippen molar-refractivity contribution in [2.75, 3.05) is 37.0 Å². The van der Waals surface area contributed by atoms with Gasteiger partial charge in [0.05, 0.1) is 35.8 Å². The molecule has 0 bridgehead atoms. The molecule has 3 N–H and O–H groups in total. The second kappa shape index (κ2) is 12.2. The van der Waals surface area contributed by atoms with Gasteiger partial charge in [-0.2, -0.15) is 14.8 Å². The number of quaternary nitrogens is 1. The molecule has 9 nitrogen and oxygen atoms in total. The summed E-state index contributed by atoms with van der Waals surface area (Å²) in [6.07, 6.45) is 9.64. The fraction of sp³-hybridized carbons (Fsp3) is 0.324. The number of piperidine rings is 1. The number of aliphatic hydroxyl groups excluding tert-OH is 1. The number of rotatable bonds is 6. The highest BCUT2D eigenvalue weighted by Gasteiger charge is 2.32. The van der Waals surface area contributed by atoms with Crippen LogP contribution in [0.15, 0.2) is 94.9 Å². The summed E-state index contributed by atoms with van der Waals surface area (Å²) in [5.41, 5.74) is 4.70. The van der Waals surface area contributed by atoms with Crippen LogP contribution in [0.4, 0.5) is 15.8 Å². The van der Waals surface area contributed by atoms with Gasteiger partial charge in [-0.3, -0.25) is 9.69 Å². The molecule has 4 aromatic rings. The van der Waals surface area contributed by atoms with Crippen LogP contribution in [0.2, 0.25) is 0 Å². The molecule has 47 heavy (non-hydrogen) atoms. The standard InChI is InChI=1S/C37H40FN7O2/c1-37(2,3)27-18-26-20-40-45(36(47)34(26)30(38)19-27)33-7-5-6-32(29(33)22-46)44-21-31(35-39-14-17-43(35)23-44)41-28-10-8-24(9-11-28)25-12-15-42(4)16-13-25/h5-11,14,17-21,25,41,46H,12-13,15-16,22-23H2,1-4H3/p+1. The summed E-state index contributed by atoms with van der Waals surface area (Å²) < 4.78 is 16.6. The van der Waals surface area contributed by atoms with Crippen LogP contribution in [-0.4, -0.2) is 52.4 Å². The van der Waals surface area contributed by atoms with E-state index in [0.29, 0.717) is 34.9 Å². The average molecular weight is 635 g/mol. The van der Waals surface area contributed by atoms with E-state index in [1.165, 1.54) is 35.4 Å². The maximum absolute atomic E-state index is 15.4. The monoisotopic (exact) mass is 634 g/mol. The first kappa shape index (κ1) is 31.0. The van der Waals surface area contributed by atoms with Crippen LogP contribution in [0.1, 0.15) is 56.2 Å². The molecule has 1 unspecified atom stereocenters. The number of benzene rings is 3. The number of nitrogens with one attached hydrogen (secondary N) is 2. The van der Waals surface area contributed by atoms with Crippen LogP contribution >= 0.6 is 0 Å². The van der Waals surface area contributed by atoms with E-state index in [4.69, 9.17) is 0 Å². The van der Waals surface area contributed by atoms with Gasteiger partial charge in [-0.1, -0.05) is 39.0 Å². The third kappa shape index (κ3) is 5.88. The number of aromatic nitrogens is 2. The van der Waals surface area contributed by atoms with Gasteiger partial charge in [-0.15, -0.1) is 0 Å². The molecule has 0 aliphatic carbocycles. The number of aliphatic imine (C=N–C) groups is 1. The van der Waals surface area contributed by atoms with Crippen LogP contribution in [0.3, 0.4) is 0 Å². The zero-order valence-electron chi connectivity index (χ0n) is 27.3. The highest BCUT2D eigenvalue weighted by atomic mass is 19.1. The minimum atomic E-state index is -0.583. The Morgan fingerprint density at radius 1 is 1.06 bits per heavy atom. The maximum Gasteiger partial charge on any atom is 0.282 e. The molecular weight excluding hydrogens is 593 g/mol. The predicted octanol–water partition coefficient (Wildman–Crippen LogP) is 4.62. The number of likely N-dealkylation sites (tertiary alicyclic amines) is 1. The molecule has 1 aromatic heterocycles. The fourth-order valence-corrected chi connectivity index (χ4v) is 6.79. The number of hydrogen-bond acceptors (Lipinski definition) is 7.